The molecule has 2 rings (SSSR count). The maximum Gasteiger partial charge on any atom is 0.125 e. The first kappa shape index (κ1) is 14.7. The number of hydrogen-bond acceptors (Lipinski definition) is 3. The van der Waals surface area contributed by atoms with E-state index < -0.39 is 6.10 Å². The maximum absolute atomic E-state index is 9.76. The summed E-state index contributed by atoms with van der Waals surface area (Å²) in [5.74, 6) is 1.40. The number of aliphatic hydroxyl groups excluding tert-OH is 1. The summed E-state index contributed by atoms with van der Waals surface area (Å²) in [5, 5.41) is 10.3. The number of para-hydroxylation sites is 1. The van der Waals surface area contributed by atoms with Crippen LogP contribution >= 0.6 is 11.6 Å². The van der Waals surface area contributed by atoms with E-state index in [0.717, 1.165) is 11.3 Å². The zero-order valence-corrected chi connectivity index (χ0v) is 12.2. The number of methoxy groups -OCH3 is 1. The van der Waals surface area contributed by atoms with Crippen molar-refractivity contribution in [3.8, 4) is 11.5 Å². The Morgan fingerprint density at radius 1 is 1.15 bits per heavy atom. The minimum absolute atomic E-state index is 0.366. The molecule has 1 atom stereocenters. The molecule has 1 N–H and O–H groups in total. The second kappa shape index (κ2) is 6.64. The van der Waals surface area contributed by atoms with Crippen LogP contribution in [0.4, 0.5) is 0 Å². The SMILES string of the molecule is COc1ccccc1COc1ccc(Cl)cc1[C@@H](C)O. The Hall–Kier alpha value is -1.71. The molecule has 3 nitrogen and oxygen atoms in total. The second-order valence-corrected chi connectivity index (χ2v) is 4.90. The van der Waals surface area contributed by atoms with Crippen LogP contribution in [0.1, 0.15) is 24.2 Å². The average Bonchev–Trinajstić information content (AvgIpc) is 2.46. The highest BCUT2D eigenvalue weighted by Crippen LogP contribution is 2.29. The molecule has 0 amide bonds. The van der Waals surface area contributed by atoms with E-state index in [1.165, 1.54) is 0 Å². The van der Waals surface area contributed by atoms with Crippen LogP contribution in [-0.2, 0) is 6.61 Å². The van der Waals surface area contributed by atoms with Gasteiger partial charge in [-0.3, -0.25) is 0 Å². The van der Waals surface area contributed by atoms with Crippen LogP contribution in [0.3, 0.4) is 0 Å². The molecular weight excluding hydrogens is 276 g/mol. The van der Waals surface area contributed by atoms with E-state index in [2.05, 4.69) is 0 Å². The molecule has 106 valence electrons. The molecule has 0 saturated heterocycles. The number of hydrogen-bond donors (Lipinski definition) is 1. The van der Waals surface area contributed by atoms with Crippen molar-refractivity contribution >= 4 is 11.6 Å². The molecule has 2 aromatic rings. The van der Waals surface area contributed by atoms with Gasteiger partial charge in [0.1, 0.15) is 18.1 Å². The van der Waals surface area contributed by atoms with Gasteiger partial charge in [-0.15, -0.1) is 0 Å². The fourth-order valence-corrected chi connectivity index (χ4v) is 2.14. The van der Waals surface area contributed by atoms with E-state index >= 15 is 0 Å². The van der Waals surface area contributed by atoms with Crippen molar-refractivity contribution < 1.29 is 14.6 Å². The summed E-state index contributed by atoms with van der Waals surface area (Å²) in [7, 11) is 1.63. The molecule has 20 heavy (non-hydrogen) atoms. The molecule has 0 heterocycles. The third-order valence-corrected chi connectivity index (χ3v) is 3.23. The summed E-state index contributed by atoms with van der Waals surface area (Å²) in [6.45, 7) is 2.05. The summed E-state index contributed by atoms with van der Waals surface area (Å²) >= 11 is 5.94. The summed E-state index contributed by atoms with van der Waals surface area (Å²) < 4.78 is 11.1. The number of benzene rings is 2. The smallest absolute Gasteiger partial charge is 0.125 e. The van der Waals surface area contributed by atoms with Crippen LogP contribution in [0.5, 0.6) is 11.5 Å². The molecule has 0 fully saturated rings. The lowest BCUT2D eigenvalue weighted by Crippen LogP contribution is -2.02. The highest BCUT2D eigenvalue weighted by atomic mass is 35.5. The van der Waals surface area contributed by atoms with Gasteiger partial charge in [0.2, 0.25) is 0 Å². The number of halogens is 1. The Bertz CT molecular complexity index is 582. The van der Waals surface area contributed by atoms with E-state index in [9.17, 15) is 5.11 Å². The van der Waals surface area contributed by atoms with E-state index in [1.54, 1.807) is 32.2 Å². The third kappa shape index (κ3) is 3.44. The van der Waals surface area contributed by atoms with Gasteiger partial charge in [0.05, 0.1) is 13.2 Å². The minimum atomic E-state index is -0.638. The fourth-order valence-electron chi connectivity index (χ4n) is 1.95. The van der Waals surface area contributed by atoms with E-state index in [4.69, 9.17) is 21.1 Å². The highest BCUT2D eigenvalue weighted by Gasteiger charge is 2.11. The maximum atomic E-state index is 9.76. The summed E-state index contributed by atoms with van der Waals surface area (Å²) in [4.78, 5) is 0. The van der Waals surface area contributed by atoms with Gasteiger partial charge in [-0.1, -0.05) is 29.8 Å². The lowest BCUT2D eigenvalue weighted by atomic mass is 10.1. The van der Waals surface area contributed by atoms with Crippen molar-refractivity contribution in [2.24, 2.45) is 0 Å². The first-order chi connectivity index (χ1) is 9.61. The second-order valence-electron chi connectivity index (χ2n) is 4.46. The number of aliphatic hydroxyl groups is 1. The number of ether oxygens (including phenoxy) is 2. The molecule has 0 unspecified atom stereocenters. The highest BCUT2D eigenvalue weighted by molar-refractivity contribution is 6.30. The average molecular weight is 293 g/mol. The minimum Gasteiger partial charge on any atom is -0.496 e. The summed E-state index contributed by atoms with van der Waals surface area (Å²) in [6.07, 6.45) is -0.638. The van der Waals surface area contributed by atoms with E-state index in [-0.39, 0.29) is 0 Å². The topological polar surface area (TPSA) is 38.7 Å². The Labute approximate surface area is 123 Å². The number of rotatable bonds is 5. The molecular formula is C16H17ClO3. The predicted octanol–water partition coefficient (Wildman–Crippen LogP) is 3.98. The first-order valence-corrected chi connectivity index (χ1v) is 6.72. The molecule has 0 radical (unpaired) electrons. The fraction of sp³-hybridized carbons (Fsp3) is 0.250. The van der Waals surface area contributed by atoms with Crippen molar-refractivity contribution in [2.45, 2.75) is 19.6 Å². The first-order valence-electron chi connectivity index (χ1n) is 6.34. The Kier molecular flexibility index (Phi) is 4.88. The van der Waals surface area contributed by atoms with Crippen LogP contribution in [0.15, 0.2) is 42.5 Å². The monoisotopic (exact) mass is 292 g/mol. The van der Waals surface area contributed by atoms with Gasteiger partial charge < -0.3 is 14.6 Å². The third-order valence-electron chi connectivity index (χ3n) is 3.00. The van der Waals surface area contributed by atoms with Gasteiger partial charge in [-0.2, -0.15) is 0 Å². The van der Waals surface area contributed by atoms with Gasteiger partial charge in [-0.25, -0.2) is 0 Å². The van der Waals surface area contributed by atoms with Crippen LogP contribution in [0, 0.1) is 0 Å². The van der Waals surface area contributed by atoms with Gasteiger partial charge in [0.15, 0.2) is 0 Å². The molecule has 0 saturated carbocycles. The van der Waals surface area contributed by atoms with Gasteiger partial charge in [0.25, 0.3) is 0 Å². The van der Waals surface area contributed by atoms with E-state index in [0.29, 0.717) is 22.9 Å². The molecule has 2 aromatic carbocycles. The van der Waals surface area contributed by atoms with Crippen molar-refractivity contribution in [3.63, 3.8) is 0 Å². The summed E-state index contributed by atoms with van der Waals surface area (Å²) in [6, 6.07) is 12.9. The Morgan fingerprint density at radius 2 is 1.90 bits per heavy atom. The van der Waals surface area contributed by atoms with Crippen molar-refractivity contribution in [3.05, 3.63) is 58.6 Å². The van der Waals surface area contributed by atoms with Crippen molar-refractivity contribution in [2.75, 3.05) is 7.11 Å². The quantitative estimate of drug-likeness (QED) is 0.906. The van der Waals surface area contributed by atoms with Crippen LogP contribution in [0.2, 0.25) is 5.02 Å². The van der Waals surface area contributed by atoms with Gasteiger partial charge in [-0.05, 0) is 31.2 Å². The van der Waals surface area contributed by atoms with Crippen LogP contribution in [-0.4, -0.2) is 12.2 Å². The van der Waals surface area contributed by atoms with Gasteiger partial charge >= 0.3 is 0 Å². The van der Waals surface area contributed by atoms with E-state index in [1.807, 2.05) is 24.3 Å². The molecule has 0 aliphatic carbocycles. The van der Waals surface area contributed by atoms with Crippen molar-refractivity contribution in [1.82, 2.24) is 0 Å². The predicted molar refractivity (Wildman–Crippen MR) is 79.4 cm³/mol. The summed E-state index contributed by atoms with van der Waals surface area (Å²) in [5.41, 5.74) is 1.62. The normalized spacial score (nSPS) is 12.0. The zero-order chi connectivity index (χ0) is 14.5. The Morgan fingerprint density at radius 3 is 2.60 bits per heavy atom. The zero-order valence-electron chi connectivity index (χ0n) is 11.5. The molecule has 0 aliphatic heterocycles. The van der Waals surface area contributed by atoms with Gasteiger partial charge in [0, 0.05) is 16.1 Å². The molecule has 0 aliphatic rings. The van der Waals surface area contributed by atoms with Crippen LogP contribution in [0.25, 0.3) is 0 Å². The lowest BCUT2D eigenvalue weighted by molar-refractivity contribution is 0.190. The van der Waals surface area contributed by atoms with Crippen molar-refractivity contribution in [1.29, 1.82) is 0 Å². The molecule has 0 bridgehead atoms. The molecule has 0 spiro atoms. The standard InChI is InChI=1S/C16H17ClO3/c1-11(18)14-9-13(17)7-8-16(14)20-10-12-5-3-4-6-15(12)19-2/h3-9,11,18H,10H2,1-2H3/t11-/m1/s1. The Balaban J connectivity index is 2.19. The van der Waals surface area contributed by atoms with Crippen LogP contribution < -0.4 is 9.47 Å². The lowest BCUT2D eigenvalue weighted by Gasteiger charge is -2.15. The largest absolute Gasteiger partial charge is 0.496 e. The molecule has 0 aromatic heterocycles. The molecule has 4 heteroatoms.